The highest BCUT2D eigenvalue weighted by Crippen LogP contribution is 2.27. The Morgan fingerprint density at radius 2 is 2.08 bits per heavy atom. The van der Waals surface area contributed by atoms with E-state index in [9.17, 15) is 4.79 Å². The zero-order valence-corrected chi connectivity index (χ0v) is 15.1. The predicted octanol–water partition coefficient (Wildman–Crippen LogP) is 1.63. The Balaban J connectivity index is 1.48. The summed E-state index contributed by atoms with van der Waals surface area (Å²) in [7, 11) is 2.04. The molecule has 2 aliphatic rings. The molecule has 2 saturated heterocycles. The van der Waals surface area contributed by atoms with Gasteiger partial charge in [0.25, 0.3) is 0 Å². The molecule has 1 aromatic rings. The first-order valence-corrected chi connectivity index (χ1v) is 9.15. The zero-order chi connectivity index (χ0) is 17.1. The van der Waals surface area contributed by atoms with Gasteiger partial charge in [-0.3, -0.25) is 9.69 Å². The number of hydrogen-bond acceptors (Lipinski definition) is 4. The number of morpholine rings is 1. The lowest BCUT2D eigenvalue weighted by atomic mass is 9.95. The SMILES string of the molecule is CC(C)N1CCOC(CC(=O)N2CCC(c3nccn3C)CC2)C1. The molecule has 1 unspecified atom stereocenters. The van der Waals surface area contributed by atoms with Gasteiger partial charge in [0.15, 0.2) is 0 Å². The summed E-state index contributed by atoms with van der Waals surface area (Å²) in [4.78, 5) is 21.5. The van der Waals surface area contributed by atoms with Gasteiger partial charge in [0.1, 0.15) is 5.82 Å². The molecular weight excluding hydrogens is 304 g/mol. The van der Waals surface area contributed by atoms with Crippen LogP contribution < -0.4 is 0 Å². The molecule has 1 atom stereocenters. The average Bonchev–Trinajstić information content (AvgIpc) is 3.01. The van der Waals surface area contributed by atoms with Crippen LogP contribution in [0.4, 0.5) is 0 Å². The molecular formula is C18H30N4O2. The smallest absolute Gasteiger partial charge is 0.225 e. The number of piperidine rings is 1. The van der Waals surface area contributed by atoms with E-state index in [1.165, 1.54) is 0 Å². The number of nitrogens with zero attached hydrogens (tertiary/aromatic N) is 4. The van der Waals surface area contributed by atoms with Crippen LogP contribution in [0, 0.1) is 0 Å². The largest absolute Gasteiger partial charge is 0.375 e. The third kappa shape index (κ3) is 3.98. The predicted molar refractivity (Wildman–Crippen MR) is 92.8 cm³/mol. The van der Waals surface area contributed by atoms with E-state index in [1.54, 1.807) is 0 Å². The molecule has 0 aromatic carbocycles. The summed E-state index contributed by atoms with van der Waals surface area (Å²) in [6, 6.07) is 0.514. The van der Waals surface area contributed by atoms with E-state index in [-0.39, 0.29) is 12.0 Å². The van der Waals surface area contributed by atoms with Crippen molar-refractivity contribution in [1.82, 2.24) is 19.4 Å². The van der Waals surface area contributed by atoms with Gasteiger partial charge < -0.3 is 14.2 Å². The van der Waals surface area contributed by atoms with Gasteiger partial charge in [-0.2, -0.15) is 0 Å². The molecule has 2 aliphatic heterocycles. The van der Waals surface area contributed by atoms with Gasteiger partial charge in [-0.15, -0.1) is 0 Å². The Kier molecular flexibility index (Phi) is 5.56. The number of carbonyl (C=O) groups excluding carboxylic acids is 1. The topological polar surface area (TPSA) is 50.6 Å². The minimum absolute atomic E-state index is 0.0425. The summed E-state index contributed by atoms with van der Waals surface area (Å²) in [5.74, 6) is 1.85. The van der Waals surface area contributed by atoms with Crippen LogP contribution in [0.15, 0.2) is 12.4 Å². The van der Waals surface area contributed by atoms with Crippen molar-refractivity contribution in [2.45, 2.75) is 51.2 Å². The second-order valence-corrected chi connectivity index (χ2v) is 7.34. The van der Waals surface area contributed by atoms with Crippen LogP contribution in [0.25, 0.3) is 0 Å². The maximum Gasteiger partial charge on any atom is 0.225 e. The molecule has 1 aromatic heterocycles. The number of hydrogen-bond donors (Lipinski definition) is 0. The van der Waals surface area contributed by atoms with Gasteiger partial charge in [0.05, 0.1) is 19.1 Å². The molecule has 24 heavy (non-hydrogen) atoms. The monoisotopic (exact) mass is 334 g/mol. The molecule has 0 radical (unpaired) electrons. The number of aryl methyl sites for hydroxylation is 1. The Labute approximate surface area is 144 Å². The number of imidazole rings is 1. The number of rotatable bonds is 4. The molecule has 3 heterocycles. The minimum atomic E-state index is 0.0425. The van der Waals surface area contributed by atoms with Crippen LogP contribution in [0.5, 0.6) is 0 Å². The fraction of sp³-hybridized carbons (Fsp3) is 0.778. The van der Waals surface area contributed by atoms with E-state index in [4.69, 9.17) is 4.74 Å². The van der Waals surface area contributed by atoms with Gasteiger partial charge in [-0.1, -0.05) is 0 Å². The summed E-state index contributed by atoms with van der Waals surface area (Å²) in [5.41, 5.74) is 0. The van der Waals surface area contributed by atoms with Gasteiger partial charge in [0.2, 0.25) is 5.91 Å². The summed E-state index contributed by atoms with van der Waals surface area (Å²) in [6.45, 7) is 8.63. The zero-order valence-electron chi connectivity index (χ0n) is 15.1. The van der Waals surface area contributed by atoms with Crippen molar-refractivity contribution in [3.05, 3.63) is 18.2 Å². The van der Waals surface area contributed by atoms with Crippen molar-refractivity contribution < 1.29 is 9.53 Å². The van der Waals surface area contributed by atoms with E-state index in [2.05, 4.69) is 28.3 Å². The fourth-order valence-electron chi connectivity index (χ4n) is 3.82. The molecule has 0 spiro atoms. The number of carbonyl (C=O) groups is 1. The minimum Gasteiger partial charge on any atom is -0.375 e. The van der Waals surface area contributed by atoms with Crippen molar-refractivity contribution >= 4 is 5.91 Å². The maximum absolute atomic E-state index is 12.6. The van der Waals surface area contributed by atoms with Crippen LogP contribution in [0.1, 0.15) is 44.9 Å². The number of amides is 1. The quantitative estimate of drug-likeness (QED) is 0.840. The van der Waals surface area contributed by atoms with Crippen molar-refractivity contribution in [2.75, 3.05) is 32.8 Å². The van der Waals surface area contributed by atoms with Crippen molar-refractivity contribution in [3.8, 4) is 0 Å². The summed E-state index contributed by atoms with van der Waals surface area (Å²) in [5, 5.41) is 0. The summed E-state index contributed by atoms with van der Waals surface area (Å²) < 4.78 is 7.91. The van der Waals surface area contributed by atoms with Gasteiger partial charge in [-0.05, 0) is 26.7 Å². The maximum atomic E-state index is 12.6. The van der Waals surface area contributed by atoms with E-state index >= 15 is 0 Å². The van der Waals surface area contributed by atoms with Crippen molar-refractivity contribution in [3.63, 3.8) is 0 Å². The Hall–Kier alpha value is -1.40. The summed E-state index contributed by atoms with van der Waals surface area (Å²) >= 11 is 0. The van der Waals surface area contributed by atoms with E-state index in [1.807, 2.05) is 24.3 Å². The molecule has 134 valence electrons. The molecule has 0 N–H and O–H groups in total. The highest BCUT2D eigenvalue weighted by atomic mass is 16.5. The first kappa shape index (κ1) is 17.4. The van der Waals surface area contributed by atoms with Gasteiger partial charge in [0, 0.05) is 57.6 Å². The molecule has 2 fully saturated rings. The Morgan fingerprint density at radius 3 is 2.71 bits per heavy atom. The molecule has 1 amide bonds. The highest BCUT2D eigenvalue weighted by Gasteiger charge is 2.29. The lowest BCUT2D eigenvalue weighted by Crippen LogP contribution is -2.48. The molecule has 0 aliphatic carbocycles. The third-order valence-electron chi connectivity index (χ3n) is 5.37. The number of ether oxygens (including phenoxy) is 1. The second kappa shape index (κ2) is 7.66. The van der Waals surface area contributed by atoms with Crippen LogP contribution in [0.2, 0.25) is 0 Å². The lowest BCUT2D eigenvalue weighted by molar-refractivity contribution is -0.137. The van der Waals surface area contributed by atoms with Crippen LogP contribution in [-0.2, 0) is 16.6 Å². The summed E-state index contributed by atoms with van der Waals surface area (Å²) in [6.07, 6.45) is 6.40. The van der Waals surface area contributed by atoms with E-state index in [0.717, 1.165) is 51.5 Å². The van der Waals surface area contributed by atoms with Crippen molar-refractivity contribution in [1.29, 1.82) is 0 Å². The normalized spacial score (nSPS) is 23.8. The first-order valence-electron chi connectivity index (χ1n) is 9.15. The third-order valence-corrected chi connectivity index (χ3v) is 5.37. The average molecular weight is 334 g/mol. The molecule has 3 rings (SSSR count). The van der Waals surface area contributed by atoms with Crippen molar-refractivity contribution in [2.24, 2.45) is 7.05 Å². The van der Waals surface area contributed by atoms with Crippen LogP contribution in [-0.4, -0.2) is 70.2 Å². The standard InChI is InChI=1S/C18H30N4O2/c1-14(2)22-10-11-24-16(13-22)12-17(23)21-7-4-15(5-8-21)18-19-6-9-20(18)3/h6,9,14-16H,4-5,7-8,10-13H2,1-3H3. The molecule has 6 heteroatoms. The molecule has 6 nitrogen and oxygen atoms in total. The molecule has 0 bridgehead atoms. The Morgan fingerprint density at radius 1 is 1.33 bits per heavy atom. The van der Waals surface area contributed by atoms with Crippen LogP contribution in [0.3, 0.4) is 0 Å². The Bertz CT molecular complexity index is 549. The van der Waals surface area contributed by atoms with Gasteiger partial charge >= 0.3 is 0 Å². The lowest BCUT2D eigenvalue weighted by Gasteiger charge is -2.37. The fourth-order valence-corrected chi connectivity index (χ4v) is 3.82. The van der Waals surface area contributed by atoms with Crippen LogP contribution >= 0.6 is 0 Å². The highest BCUT2D eigenvalue weighted by molar-refractivity contribution is 5.76. The van der Waals surface area contributed by atoms with E-state index < -0.39 is 0 Å². The number of likely N-dealkylation sites (tertiary alicyclic amines) is 1. The van der Waals surface area contributed by atoms with E-state index in [0.29, 0.717) is 18.4 Å². The number of aromatic nitrogens is 2. The first-order chi connectivity index (χ1) is 11.5. The molecule has 0 saturated carbocycles. The van der Waals surface area contributed by atoms with Gasteiger partial charge in [-0.25, -0.2) is 4.98 Å². The second-order valence-electron chi connectivity index (χ2n) is 7.34.